The molecule has 0 aliphatic carbocycles. The second-order valence-electron chi connectivity index (χ2n) is 4.99. The first-order chi connectivity index (χ1) is 7.20. The van der Waals surface area contributed by atoms with E-state index in [1.54, 1.807) is 0 Å². The van der Waals surface area contributed by atoms with Gasteiger partial charge >= 0.3 is 5.97 Å². The molecule has 16 heavy (non-hydrogen) atoms. The van der Waals surface area contributed by atoms with Crippen LogP contribution in [-0.2, 0) is 19.0 Å². The Balaban J connectivity index is 3.66. The highest BCUT2D eigenvalue weighted by Crippen LogP contribution is 2.11. The van der Waals surface area contributed by atoms with Crippen molar-refractivity contribution in [2.75, 3.05) is 13.2 Å². The van der Waals surface area contributed by atoms with E-state index >= 15 is 0 Å². The molecule has 4 nitrogen and oxygen atoms in total. The molecule has 0 spiro atoms. The Bertz CT molecular complexity index is 208. The lowest BCUT2D eigenvalue weighted by molar-refractivity contribution is -0.147. The van der Waals surface area contributed by atoms with Crippen LogP contribution in [0.15, 0.2) is 0 Å². The van der Waals surface area contributed by atoms with Crippen molar-refractivity contribution in [1.29, 1.82) is 0 Å². The van der Waals surface area contributed by atoms with E-state index in [4.69, 9.17) is 14.2 Å². The van der Waals surface area contributed by atoms with Gasteiger partial charge in [-0.15, -0.1) is 0 Å². The maximum atomic E-state index is 10.6. The molecule has 0 bridgehead atoms. The van der Waals surface area contributed by atoms with Crippen molar-refractivity contribution in [3.05, 3.63) is 0 Å². The van der Waals surface area contributed by atoms with Gasteiger partial charge in [0, 0.05) is 6.92 Å². The van der Waals surface area contributed by atoms with Crippen LogP contribution >= 0.6 is 0 Å². The Labute approximate surface area is 98.3 Å². The molecule has 0 aromatic heterocycles. The summed E-state index contributed by atoms with van der Waals surface area (Å²) in [7, 11) is 0. The molecule has 4 heteroatoms. The molecule has 0 heterocycles. The summed E-state index contributed by atoms with van der Waals surface area (Å²) in [6.07, 6.45) is -0.0744. The molecule has 0 aliphatic rings. The van der Waals surface area contributed by atoms with Crippen molar-refractivity contribution >= 4 is 5.97 Å². The molecule has 0 rings (SSSR count). The van der Waals surface area contributed by atoms with Crippen molar-refractivity contribution in [2.45, 2.75) is 59.4 Å². The minimum Gasteiger partial charge on any atom is -0.463 e. The van der Waals surface area contributed by atoms with Crippen LogP contribution in [0.2, 0.25) is 0 Å². The van der Waals surface area contributed by atoms with Gasteiger partial charge in [0.05, 0.1) is 24.4 Å². The zero-order valence-electron chi connectivity index (χ0n) is 11.2. The van der Waals surface area contributed by atoms with E-state index in [0.717, 1.165) is 0 Å². The van der Waals surface area contributed by atoms with Crippen LogP contribution < -0.4 is 0 Å². The van der Waals surface area contributed by atoms with Gasteiger partial charge in [0.25, 0.3) is 0 Å². The molecule has 0 aliphatic heterocycles. The summed E-state index contributed by atoms with van der Waals surface area (Å²) in [6, 6.07) is 0. The third-order valence-corrected chi connectivity index (χ3v) is 1.69. The van der Waals surface area contributed by atoms with Crippen molar-refractivity contribution in [1.82, 2.24) is 0 Å². The Morgan fingerprint density at radius 3 is 2.12 bits per heavy atom. The largest absolute Gasteiger partial charge is 0.463 e. The first kappa shape index (κ1) is 15.4. The monoisotopic (exact) mass is 232 g/mol. The van der Waals surface area contributed by atoms with Gasteiger partial charge in [-0.2, -0.15) is 0 Å². The standard InChI is InChI=1S/C12H24O4/c1-9(7-15-11(3)13)14-8-10(2)16-12(4,5)6/h9-10H,7-8H2,1-6H3. The fourth-order valence-electron chi connectivity index (χ4n) is 1.22. The lowest BCUT2D eigenvalue weighted by Crippen LogP contribution is -2.30. The maximum absolute atomic E-state index is 10.6. The van der Waals surface area contributed by atoms with Crippen LogP contribution in [0.3, 0.4) is 0 Å². The number of hydrogen-bond donors (Lipinski definition) is 0. The Morgan fingerprint density at radius 2 is 1.69 bits per heavy atom. The maximum Gasteiger partial charge on any atom is 0.302 e. The fraction of sp³-hybridized carbons (Fsp3) is 0.917. The summed E-state index contributed by atoms with van der Waals surface area (Å²) in [5.41, 5.74) is -0.165. The zero-order chi connectivity index (χ0) is 12.8. The van der Waals surface area contributed by atoms with Crippen molar-refractivity contribution < 1.29 is 19.0 Å². The molecular weight excluding hydrogens is 208 g/mol. The summed E-state index contributed by atoms with van der Waals surface area (Å²) in [5, 5.41) is 0. The Kier molecular flexibility index (Phi) is 6.60. The van der Waals surface area contributed by atoms with E-state index in [-0.39, 0.29) is 30.4 Å². The molecule has 0 saturated carbocycles. The molecule has 2 atom stereocenters. The van der Waals surface area contributed by atoms with E-state index in [1.807, 2.05) is 34.6 Å². The second-order valence-corrected chi connectivity index (χ2v) is 4.99. The van der Waals surface area contributed by atoms with Gasteiger partial charge in [-0.1, -0.05) is 0 Å². The van der Waals surface area contributed by atoms with E-state index in [0.29, 0.717) is 6.61 Å². The smallest absolute Gasteiger partial charge is 0.302 e. The minimum absolute atomic E-state index is 0.0276. The SMILES string of the molecule is CC(=O)OCC(C)OCC(C)OC(C)(C)C. The summed E-state index contributed by atoms with van der Waals surface area (Å²) < 4.78 is 16.0. The highest BCUT2D eigenvalue weighted by Gasteiger charge is 2.16. The van der Waals surface area contributed by atoms with Gasteiger partial charge in [0.2, 0.25) is 0 Å². The highest BCUT2D eigenvalue weighted by atomic mass is 16.6. The number of carbonyl (C=O) groups is 1. The highest BCUT2D eigenvalue weighted by molar-refractivity contribution is 5.65. The molecule has 0 aromatic carbocycles. The van der Waals surface area contributed by atoms with Crippen LogP contribution in [0.25, 0.3) is 0 Å². The first-order valence-corrected chi connectivity index (χ1v) is 5.63. The van der Waals surface area contributed by atoms with Gasteiger partial charge < -0.3 is 14.2 Å². The average Bonchev–Trinajstić information content (AvgIpc) is 2.08. The predicted molar refractivity (Wildman–Crippen MR) is 62.3 cm³/mol. The lowest BCUT2D eigenvalue weighted by atomic mass is 10.2. The zero-order valence-corrected chi connectivity index (χ0v) is 11.2. The molecule has 0 N–H and O–H groups in total. The van der Waals surface area contributed by atoms with Crippen molar-refractivity contribution in [2.24, 2.45) is 0 Å². The van der Waals surface area contributed by atoms with Crippen molar-refractivity contribution in [3.63, 3.8) is 0 Å². The summed E-state index contributed by atoms with van der Waals surface area (Å²) in [5.74, 6) is -0.283. The number of ether oxygens (including phenoxy) is 3. The Morgan fingerprint density at radius 1 is 1.12 bits per heavy atom. The van der Waals surface area contributed by atoms with E-state index in [2.05, 4.69) is 0 Å². The molecule has 0 radical (unpaired) electrons. The van der Waals surface area contributed by atoms with E-state index in [1.165, 1.54) is 6.92 Å². The quantitative estimate of drug-likeness (QED) is 0.658. The number of hydrogen-bond acceptors (Lipinski definition) is 4. The van der Waals surface area contributed by atoms with Crippen LogP contribution in [0.1, 0.15) is 41.5 Å². The van der Waals surface area contributed by atoms with Crippen molar-refractivity contribution in [3.8, 4) is 0 Å². The molecule has 0 fully saturated rings. The third-order valence-electron chi connectivity index (χ3n) is 1.69. The molecular formula is C12H24O4. The van der Waals surface area contributed by atoms with E-state index < -0.39 is 0 Å². The van der Waals surface area contributed by atoms with Crippen LogP contribution in [0, 0.1) is 0 Å². The average molecular weight is 232 g/mol. The van der Waals surface area contributed by atoms with Gasteiger partial charge in [-0.05, 0) is 34.6 Å². The molecule has 96 valence electrons. The van der Waals surface area contributed by atoms with Crippen LogP contribution in [0.4, 0.5) is 0 Å². The van der Waals surface area contributed by atoms with Crippen LogP contribution in [0.5, 0.6) is 0 Å². The number of carbonyl (C=O) groups excluding carboxylic acids is 1. The normalized spacial score (nSPS) is 15.6. The first-order valence-electron chi connectivity index (χ1n) is 5.63. The second kappa shape index (κ2) is 6.86. The van der Waals surface area contributed by atoms with Gasteiger partial charge in [-0.25, -0.2) is 0 Å². The summed E-state index contributed by atoms with van der Waals surface area (Å²) in [6.45, 7) is 12.0. The predicted octanol–water partition coefficient (Wildman–Crippen LogP) is 2.16. The third kappa shape index (κ3) is 9.93. The fourth-order valence-corrected chi connectivity index (χ4v) is 1.22. The number of rotatable bonds is 6. The van der Waals surface area contributed by atoms with Gasteiger partial charge in [0.15, 0.2) is 0 Å². The minimum atomic E-state index is -0.283. The van der Waals surface area contributed by atoms with Gasteiger partial charge in [0.1, 0.15) is 6.61 Å². The van der Waals surface area contributed by atoms with Crippen LogP contribution in [-0.4, -0.2) is 37.0 Å². The molecule has 2 unspecified atom stereocenters. The summed E-state index contributed by atoms with van der Waals surface area (Å²) in [4.78, 5) is 10.6. The summed E-state index contributed by atoms with van der Waals surface area (Å²) >= 11 is 0. The Hall–Kier alpha value is -0.610. The topological polar surface area (TPSA) is 44.8 Å². The molecule has 0 aromatic rings. The molecule has 0 saturated heterocycles. The van der Waals surface area contributed by atoms with E-state index in [9.17, 15) is 4.79 Å². The van der Waals surface area contributed by atoms with Gasteiger partial charge in [-0.3, -0.25) is 4.79 Å². The lowest BCUT2D eigenvalue weighted by Gasteiger charge is -2.25. The molecule has 0 amide bonds. The number of esters is 1.